The molecule has 2 aromatic rings. The molecule has 6 nitrogen and oxygen atoms in total. The molecule has 2 atom stereocenters. The van der Waals surface area contributed by atoms with Gasteiger partial charge in [0.2, 0.25) is 5.91 Å². The number of carboxylic acid groups (broad SMARTS) is 1. The van der Waals surface area contributed by atoms with Crippen LogP contribution < -0.4 is 10.2 Å². The largest absolute Gasteiger partial charge is 0.481 e. The Morgan fingerprint density at radius 1 is 0.953 bits per heavy atom. The zero-order valence-electron chi connectivity index (χ0n) is 25.6. The third-order valence-corrected chi connectivity index (χ3v) is 9.70. The average Bonchev–Trinajstić information content (AvgIpc) is 3.70. The number of aliphatic carboxylic acids is 1. The molecule has 0 spiro atoms. The number of halogens is 3. The van der Waals surface area contributed by atoms with Gasteiger partial charge >= 0.3 is 12.1 Å². The van der Waals surface area contributed by atoms with Crippen LogP contribution in [0.1, 0.15) is 81.0 Å². The van der Waals surface area contributed by atoms with Crippen LogP contribution in [0.4, 0.5) is 18.9 Å². The molecule has 1 aliphatic carbocycles. The van der Waals surface area contributed by atoms with E-state index in [2.05, 4.69) is 50.4 Å². The topological polar surface area (TPSA) is 72.9 Å². The Balaban J connectivity index is 1.33. The van der Waals surface area contributed by atoms with Crippen LogP contribution in [-0.4, -0.2) is 60.1 Å². The normalized spacial score (nSPS) is 23.8. The van der Waals surface area contributed by atoms with E-state index in [4.69, 9.17) is 0 Å². The number of aryl methyl sites for hydroxylation is 1. The first-order valence-electron chi connectivity index (χ1n) is 15.5. The van der Waals surface area contributed by atoms with Crippen molar-refractivity contribution in [2.24, 2.45) is 11.8 Å². The number of carbonyl (C=O) groups excluding carboxylic acids is 1. The molecule has 234 valence electrons. The Hall–Kier alpha value is -3.07. The second kappa shape index (κ2) is 11.8. The lowest BCUT2D eigenvalue weighted by atomic mass is 9.85. The highest BCUT2D eigenvalue weighted by molar-refractivity contribution is 5.92. The van der Waals surface area contributed by atoms with E-state index in [9.17, 15) is 27.9 Å². The fourth-order valence-corrected chi connectivity index (χ4v) is 6.98. The molecule has 0 bridgehead atoms. The first-order chi connectivity index (χ1) is 20.2. The van der Waals surface area contributed by atoms with E-state index in [0.717, 1.165) is 35.7 Å². The summed E-state index contributed by atoms with van der Waals surface area (Å²) in [5.41, 5.74) is 2.33. The van der Waals surface area contributed by atoms with E-state index in [0.29, 0.717) is 57.5 Å². The number of hydrogen-bond donors (Lipinski definition) is 2. The van der Waals surface area contributed by atoms with Crippen LogP contribution in [-0.2, 0) is 21.2 Å². The summed E-state index contributed by atoms with van der Waals surface area (Å²) in [5.74, 6) is -0.942. The minimum atomic E-state index is -4.46. The maximum absolute atomic E-state index is 14.2. The molecule has 2 aliphatic heterocycles. The van der Waals surface area contributed by atoms with Crippen molar-refractivity contribution in [3.63, 3.8) is 0 Å². The van der Waals surface area contributed by atoms with E-state index >= 15 is 0 Å². The molecule has 0 radical (unpaired) electrons. The number of rotatable bonds is 7. The number of nitrogens with zero attached hydrogens (tertiary/aromatic N) is 2. The fraction of sp³-hybridized carbons (Fsp3) is 0.588. The first kappa shape index (κ1) is 31.4. The molecular weight excluding hydrogens is 555 g/mol. The molecule has 2 saturated heterocycles. The van der Waals surface area contributed by atoms with Crippen LogP contribution in [0.15, 0.2) is 42.5 Å². The highest BCUT2D eigenvalue weighted by Gasteiger charge is 2.62. The summed E-state index contributed by atoms with van der Waals surface area (Å²) in [6.45, 7) is 11.1. The lowest BCUT2D eigenvalue weighted by molar-refractivity contribution is -0.142. The van der Waals surface area contributed by atoms with Gasteiger partial charge < -0.3 is 20.2 Å². The molecule has 43 heavy (non-hydrogen) atoms. The predicted molar refractivity (Wildman–Crippen MR) is 161 cm³/mol. The zero-order chi connectivity index (χ0) is 31.2. The van der Waals surface area contributed by atoms with Gasteiger partial charge in [-0.05, 0) is 101 Å². The van der Waals surface area contributed by atoms with Gasteiger partial charge in [-0.3, -0.25) is 9.59 Å². The number of piperidine rings is 2. The summed E-state index contributed by atoms with van der Waals surface area (Å²) in [6.07, 6.45) is -1.51. The van der Waals surface area contributed by atoms with Crippen LogP contribution >= 0.6 is 0 Å². The standard InChI is InChI=1S/C34H44F3N3O3/c1-22-5-7-25(8-6-22)33(20-27(33)21-38-32(2,3)4)31(43)40-17-11-23(12-18-40)28-10-9-26(34(35,36)37)19-29(28)39-15-13-24(14-16-39)30(41)42/h5-10,19,23-24,27,38H,11-18,20-21H2,1-4H3,(H,41,42). The van der Waals surface area contributed by atoms with Crippen molar-refractivity contribution in [3.8, 4) is 0 Å². The Morgan fingerprint density at radius 2 is 1.58 bits per heavy atom. The van der Waals surface area contributed by atoms with Crippen LogP contribution in [0, 0.1) is 18.8 Å². The molecule has 2 N–H and O–H groups in total. The summed E-state index contributed by atoms with van der Waals surface area (Å²) in [5, 5.41) is 13.0. The molecule has 2 heterocycles. The monoisotopic (exact) mass is 599 g/mol. The van der Waals surface area contributed by atoms with Gasteiger partial charge in [-0.2, -0.15) is 13.2 Å². The molecule has 2 aromatic carbocycles. The van der Waals surface area contributed by atoms with Crippen LogP contribution in [0.25, 0.3) is 0 Å². The third-order valence-electron chi connectivity index (χ3n) is 9.70. The molecule has 5 rings (SSSR count). The van der Waals surface area contributed by atoms with Gasteiger partial charge in [0.25, 0.3) is 0 Å². The molecule has 3 aliphatic rings. The Labute approximate surface area is 252 Å². The Morgan fingerprint density at radius 3 is 2.14 bits per heavy atom. The Bertz CT molecular complexity index is 1320. The van der Waals surface area contributed by atoms with Gasteiger partial charge in [0.15, 0.2) is 0 Å². The zero-order valence-corrected chi connectivity index (χ0v) is 25.6. The van der Waals surface area contributed by atoms with Crippen LogP contribution in [0.3, 0.4) is 0 Å². The van der Waals surface area contributed by atoms with Crippen molar-refractivity contribution >= 4 is 17.6 Å². The number of benzene rings is 2. The quantitative estimate of drug-likeness (QED) is 0.387. The fourth-order valence-electron chi connectivity index (χ4n) is 6.98. The summed E-state index contributed by atoms with van der Waals surface area (Å²) in [6, 6.07) is 12.3. The van der Waals surface area contributed by atoms with E-state index < -0.39 is 29.0 Å². The second-order valence-corrected chi connectivity index (χ2v) is 13.8. The minimum Gasteiger partial charge on any atom is -0.481 e. The van der Waals surface area contributed by atoms with E-state index in [1.54, 1.807) is 6.07 Å². The third kappa shape index (κ3) is 6.71. The highest BCUT2D eigenvalue weighted by Crippen LogP contribution is 2.56. The van der Waals surface area contributed by atoms with Crippen molar-refractivity contribution in [1.29, 1.82) is 0 Å². The number of carboxylic acids is 1. The smallest absolute Gasteiger partial charge is 0.416 e. The second-order valence-electron chi connectivity index (χ2n) is 13.8. The number of hydrogen-bond acceptors (Lipinski definition) is 4. The number of likely N-dealkylation sites (tertiary alicyclic amines) is 1. The van der Waals surface area contributed by atoms with Crippen LogP contribution in [0.5, 0.6) is 0 Å². The Kier molecular flexibility index (Phi) is 8.60. The lowest BCUT2D eigenvalue weighted by Gasteiger charge is -2.38. The minimum absolute atomic E-state index is 0.0198. The van der Waals surface area contributed by atoms with Crippen molar-refractivity contribution in [2.75, 3.05) is 37.6 Å². The van der Waals surface area contributed by atoms with Gasteiger partial charge in [-0.25, -0.2) is 0 Å². The molecule has 0 aromatic heterocycles. The maximum Gasteiger partial charge on any atom is 0.416 e. The van der Waals surface area contributed by atoms with Gasteiger partial charge in [0.05, 0.1) is 16.9 Å². The molecule has 2 unspecified atom stereocenters. The van der Waals surface area contributed by atoms with E-state index in [1.807, 2.05) is 16.7 Å². The van der Waals surface area contributed by atoms with Gasteiger partial charge in [0, 0.05) is 37.4 Å². The average molecular weight is 600 g/mol. The number of carbonyl (C=O) groups is 2. The van der Waals surface area contributed by atoms with Crippen LogP contribution in [0.2, 0.25) is 0 Å². The molecule has 1 amide bonds. The maximum atomic E-state index is 14.2. The van der Waals surface area contributed by atoms with Gasteiger partial charge in [-0.1, -0.05) is 35.9 Å². The number of alkyl halides is 3. The lowest BCUT2D eigenvalue weighted by Crippen LogP contribution is -2.46. The predicted octanol–water partition coefficient (Wildman–Crippen LogP) is 6.37. The van der Waals surface area contributed by atoms with Gasteiger partial charge in [0.1, 0.15) is 0 Å². The van der Waals surface area contributed by atoms with Gasteiger partial charge in [-0.15, -0.1) is 0 Å². The SMILES string of the molecule is Cc1ccc(C2(C(=O)N3CCC(c4ccc(C(F)(F)F)cc4N4CCC(C(=O)O)CC4)CC3)CC2CNC(C)(C)C)cc1. The summed E-state index contributed by atoms with van der Waals surface area (Å²) >= 11 is 0. The molecule has 9 heteroatoms. The summed E-state index contributed by atoms with van der Waals surface area (Å²) < 4.78 is 41.1. The number of amides is 1. The van der Waals surface area contributed by atoms with Crippen molar-refractivity contribution in [1.82, 2.24) is 10.2 Å². The first-order valence-corrected chi connectivity index (χ1v) is 15.5. The van der Waals surface area contributed by atoms with E-state index in [1.165, 1.54) is 6.07 Å². The van der Waals surface area contributed by atoms with Crippen molar-refractivity contribution in [2.45, 2.75) is 82.8 Å². The van der Waals surface area contributed by atoms with E-state index in [-0.39, 0.29) is 23.3 Å². The van der Waals surface area contributed by atoms with Crippen molar-refractivity contribution < 1.29 is 27.9 Å². The molecule has 1 saturated carbocycles. The highest BCUT2D eigenvalue weighted by atomic mass is 19.4. The summed E-state index contributed by atoms with van der Waals surface area (Å²) in [7, 11) is 0. The molecular formula is C34H44F3N3O3. The van der Waals surface area contributed by atoms with Crippen molar-refractivity contribution in [3.05, 3.63) is 64.7 Å². The summed E-state index contributed by atoms with van der Waals surface area (Å²) in [4.78, 5) is 29.6. The number of nitrogens with one attached hydrogen (secondary N) is 1. The number of anilines is 1. The molecule has 3 fully saturated rings.